The largest absolute Gasteiger partial charge is 0.314 e. The van der Waals surface area contributed by atoms with Crippen LogP contribution in [0.25, 0.3) is 0 Å². The van der Waals surface area contributed by atoms with Gasteiger partial charge in [-0.3, -0.25) is 0 Å². The highest BCUT2D eigenvalue weighted by Gasteiger charge is 2.02. The Morgan fingerprint density at radius 3 is 2.00 bits per heavy atom. The van der Waals surface area contributed by atoms with Crippen molar-refractivity contribution >= 4 is 0 Å². The Morgan fingerprint density at radius 2 is 1.70 bits per heavy atom. The summed E-state index contributed by atoms with van der Waals surface area (Å²) in [6.07, 6.45) is 5.14. The molecule has 0 bridgehead atoms. The molecule has 0 aromatic heterocycles. The third kappa shape index (κ3) is 4.80. The van der Waals surface area contributed by atoms with Crippen molar-refractivity contribution in [3.8, 4) is 0 Å². The highest BCUT2D eigenvalue weighted by atomic mass is 14.9. The Bertz CT molecular complexity index is 47.5. The number of hydrogen-bond acceptors (Lipinski definition) is 1. The normalized spacial score (nSPS) is 10.8. The van der Waals surface area contributed by atoms with Crippen LogP contribution in [0.3, 0.4) is 0 Å². The maximum atomic E-state index is 3.78. The van der Waals surface area contributed by atoms with Crippen LogP contribution >= 0.6 is 0 Å². The third-order valence-electron chi connectivity index (χ3n) is 1.71. The first-order chi connectivity index (χ1) is 4.85. The van der Waals surface area contributed by atoms with Gasteiger partial charge in [-0.2, -0.15) is 0 Å². The summed E-state index contributed by atoms with van der Waals surface area (Å²) in [7, 11) is 0. The lowest BCUT2D eigenvalue weighted by molar-refractivity contribution is 0.463. The molecule has 0 aromatic carbocycles. The zero-order valence-electron chi connectivity index (χ0n) is 7.32. The van der Waals surface area contributed by atoms with Crippen molar-refractivity contribution in [2.75, 3.05) is 6.54 Å². The summed E-state index contributed by atoms with van der Waals surface area (Å²) in [6.45, 7) is 9.10. The molecular weight excluding hydrogens is 122 g/mol. The average molecular weight is 142 g/mol. The van der Waals surface area contributed by atoms with Crippen molar-refractivity contribution in [1.82, 2.24) is 5.32 Å². The van der Waals surface area contributed by atoms with Crippen LogP contribution < -0.4 is 5.32 Å². The zero-order valence-corrected chi connectivity index (χ0v) is 7.32. The molecule has 0 saturated heterocycles. The van der Waals surface area contributed by atoms with Gasteiger partial charge in [0.25, 0.3) is 0 Å². The molecule has 0 spiro atoms. The van der Waals surface area contributed by atoms with Gasteiger partial charge in [0.1, 0.15) is 0 Å². The molecule has 1 heteroatoms. The molecule has 1 nitrogen and oxygen atoms in total. The van der Waals surface area contributed by atoms with Crippen LogP contribution in [0.1, 0.15) is 39.5 Å². The van der Waals surface area contributed by atoms with Crippen molar-refractivity contribution in [2.24, 2.45) is 0 Å². The fourth-order valence-corrected chi connectivity index (χ4v) is 1.25. The van der Waals surface area contributed by atoms with Crippen molar-refractivity contribution in [3.05, 3.63) is 6.92 Å². The second-order valence-corrected chi connectivity index (χ2v) is 2.73. The molecule has 0 aliphatic heterocycles. The van der Waals surface area contributed by atoms with Gasteiger partial charge in [-0.15, -0.1) is 0 Å². The Labute approximate surface area is 65.2 Å². The van der Waals surface area contributed by atoms with E-state index >= 15 is 0 Å². The maximum absolute atomic E-state index is 3.78. The SMILES string of the molecule is [CH2]CNC(CCC)CCC. The molecule has 0 fully saturated rings. The topological polar surface area (TPSA) is 12.0 Å². The molecule has 10 heavy (non-hydrogen) atoms. The summed E-state index contributed by atoms with van der Waals surface area (Å²) in [5.41, 5.74) is 0. The lowest BCUT2D eigenvalue weighted by Crippen LogP contribution is -2.28. The highest BCUT2D eigenvalue weighted by molar-refractivity contribution is 4.65. The summed E-state index contributed by atoms with van der Waals surface area (Å²) in [5, 5.41) is 3.37. The van der Waals surface area contributed by atoms with Crippen LogP contribution in [0.15, 0.2) is 0 Å². The molecule has 0 aliphatic carbocycles. The lowest BCUT2D eigenvalue weighted by Gasteiger charge is -2.15. The van der Waals surface area contributed by atoms with E-state index < -0.39 is 0 Å². The van der Waals surface area contributed by atoms with Gasteiger partial charge in [-0.1, -0.05) is 26.7 Å². The van der Waals surface area contributed by atoms with Gasteiger partial charge in [0, 0.05) is 6.04 Å². The van der Waals surface area contributed by atoms with E-state index in [0.717, 1.165) is 6.54 Å². The summed E-state index contributed by atoms with van der Waals surface area (Å²) < 4.78 is 0. The minimum atomic E-state index is 0.715. The quantitative estimate of drug-likeness (QED) is 0.600. The smallest absolute Gasteiger partial charge is 0.00668 e. The summed E-state index contributed by atoms with van der Waals surface area (Å²) >= 11 is 0. The fourth-order valence-electron chi connectivity index (χ4n) is 1.25. The van der Waals surface area contributed by atoms with Crippen LogP contribution in [-0.4, -0.2) is 12.6 Å². The van der Waals surface area contributed by atoms with Crippen molar-refractivity contribution in [3.63, 3.8) is 0 Å². The molecular formula is C9H20N. The monoisotopic (exact) mass is 142 g/mol. The summed E-state index contributed by atoms with van der Waals surface area (Å²) in [6, 6.07) is 0.715. The predicted octanol–water partition coefficient (Wildman–Crippen LogP) is 2.38. The Morgan fingerprint density at radius 1 is 1.20 bits per heavy atom. The van der Waals surface area contributed by atoms with E-state index in [1.54, 1.807) is 0 Å². The van der Waals surface area contributed by atoms with Crippen LogP contribution in [0.2, 0.25) is 0 Å². The van der Waals surface area contributed by atoms with Crippen molar-refractivity contribution in [1.29, 1.82) is 0 Å². The Kier molecular flexibility index (Phi) is 7.04. The van der Waals surface area contributed by atoms with Gasteiger partial charge in [0.15, 0.2) is 0 Å². The first-order valence-corrected chi connectivity index (χ1v) is 4.37. The molecule has 0 atom stereocenters. The fraction of sp³-hybridized carbons (Fsp3) is 0.889. The van der Waals surface area contributed by atoms with Crippen LogP contribution in [0.5, 0.6) is 0 Å². The van der Waals surface area contributed by atoms with E-state index in [2.05, 4.69) is 26.1 Å². The molecule has 1 N–H and O–H groups in total. The highest BCUT2D eigenvalue weighted by Crippen LogP contribution is 2.03. The van der Waals surface area contributed by atoms with E-state index in [9.17, 15) is 0 Å². The van der Waals surface area contributed by atoms with Gasteiger partial charge in [0.2, 0.25) is 0 Å². The molecule has 0 aromatic rings. The minimum absolute atomic E-state index is 0.715. The second kappa shape index (κ2) is 7.07. The third-order valence-corrected chi connectivity index (χ3v) is 1.71. The maximum Gasteiger partial charge on any atom is 0.00668 e. The van der Waals surface area contributed by atoms with Crippen molar-refractivity contribution < 1.29 is 0 Å². The first kappa shape index (κ1) is 9.96. The van der Waals surface area contributed by atoms with Gasteiger partial charge in [-0.05, 0) is 26.3 Å². The van der Waals surface area contributed by atoms with E-state index in [0.29, 0.717) is 6.04 Å². The molecule has 0 rings (SSSR count). The summed E-state index contributed by atoms with van der Waals surface area (Å²) in [5.74, 6) is 0. The van der Waals surface area contributed by atoms with Crippen LogP contribution in [-0.2, 0) is 0 Å². The molecule has 0 saturated carbocycles. The van der Waals surface area contributed by atoms with Gasteiger partial charge in [0.05, 0.1) is 0 Å². The minimum Gasteiger partial charge on any atom is -0.314 e. The van der Waals surface area contributed by atoms with E-state index in [-0.39, 0.29) is 0 Å². The van der Waals surface area contributed by atoms with E-state index in [1.165, 1.54) is 25.7 Å². The first-order valence-electron chi connectivity index (χ1n) is 4.37. The van der Waals surface area contributed by atoms with Gasteiger partial charge >= 0.3 is 0 Å². The molecule has 0 amide bonds. The molecule has 0 aliphatic rings. The molecule has 1 radical (unpaired) electrons. The Hall–Kier alpha value is -0.0400. The van der Waals surface area contributed by atoms with Crippen LogP contribution in [0, 0.1) is 6.92 Å². The Balaban J connectivity index is 3.30. The average Bonchev–Trinajstić information content (AvgIpc) is 1.90. The lowest BCUT2D eigenvalue weighted by atomic mass is 10.1. The molecule has 0 heterocycles. The van der Waals surface area contributed by atoms with Crippen LogP contribution in [0.4, 0.5) is 0 Å². The standard InChI is InChI=1S/C9H20N/c1-4-7-9(8-5-2)10-6-3/h9-10H,3-8H2,1-2H3. The van der Waals surface area contributed by atoms with E-state index in [1.807, 2.05) is 0 Å². The van der Waals surface area contributed by atoms with Gasteiger partial charge < -0.3 is 5.32 Å². The predicted molar refractivity (Wildman–Crippen MR) is 47.0 cm³/mol. The zero-order chi connectivity index (χ0) is 7.82. The van der Waals surface area contributed by atoms with Gasteiger partial charge in [-0.25, -0.2) is 0 Å². The molecule has 0 unspecified atom stereocenters. The number of rotatable bonds is 6. The number of hydrogen-bond donors (Lipinski definition) is 1. The van der Waals surface area contributed by atoms with Crippen molar-refractivity contribution in [2.45, 2.75) is 45.6 Å². The molecule has 61 valence electrons. The second-order valence-electron chi connectivity index (χ2n) is 2.73. The summed E-state index contributed by atoms with van der Waals surface area (Å²) in [4.78, 5) is 0. The number of nitrogens with one attached hydrogen (secondary N) is 1. The van der Waals surface area contributed by atoms with E-state index in [4.69, 9.17) is 0 Å².